The van der Waals surface area contributed by atoms with Gasteiger partial charge in [0, 0.05) is 18.9 Å². The van der Waals surface area contributed by atoms with Crippen molar-refractivity contribution in [3.05, 3.63) is 24.0 Å². The van der Waals surface area contributed by atoms with Crippen LogP contribution in [0.1, 0.15) is 32.7 Å². The Morgan fingerprint density at radius 3 is 2.52 bits per heavy atom. The second kappa shape index (κ2) is 5.73. The lowest BCUT2D eigenvalue weighted by Gasteiger charge is -2.26. The van der Waals surface area contributed by atoms with E-state index in [1.807, 2.05) is 0 Å². The normalized spacial score (nSPS) is 13.2. The maximum atomic E-state index is 5.75. The van der Waals surface area contributed by atoms with Crippen LogP contribution in [0.25, 0.3) is 11.5 Å². The van der Waals surface area contributed by atoms with Crippen molar-refractivity contribution in [2.75, 3.05) is 20.0 Å². The number of hydrogen-bond acceptors (Lipinski definition) is 6. The van der Waals surface area contributed by atoms with Crippen molar-refractivity contribution in [3.63, 3.8) is 0 Å². The van der Waals surface area contributed by atoms with E-state index < -0.39 is 0 Å². The van der Waals surface area contributed by atoms with E-state index in [4.69, 9.17) is 19.7 Å². The van der Waals surface area contributed by atoms with Gasteiger partial charge in [0.2, 0.25) is 5.82 Å². The summed E-state index contributed by atoms with van der Waals surface area (Å²) < 4.78 is 16.1. The fraction of sp³-hybridized carbons (Fsp3) is 0.467. The number of hydrogen-bond donors (Lipinski definition) is 1. The van der Waals surface area contributed by atoms with Gasteiger partial charge in [0.25, 0.3) is 5.89 Å². The Hall–Kier alpha value is -2.08. The minimum absolute atomic E-state index is 0.138. The molecule has 0 amide bonds. The molecule has 2 N–H and O–H groups in total. The molecule has 0 fully saturated rings. The number of rotatable bonds is 4. The first kappa shape index (κ1) is 15.3. The van der Waals surface area contributed by atoms with Gasteiger partial charge in [0.1, 0.15) is 11.9 Å². The van der Waals surface area contributed by atoms with Crippen LogP contribution in [0.3, 0.4) is 0 Å². The summed E-state index contributed by atoms with van der Waals surface area (Å²) in [6, 6.07) is 5.28. The van der Waals surface area contributed by atoms with Crippen LogP contribution in [-0.2, 0) is 4.74 Å². The molecule has 1 heterocycles. The number of methoxy groups -OCH3 is 2. The van der Waals surface area contributed by atoms with Crippen LogP contribution in [0.2, 0.25) is 0 Å². The number of nitrogens with zero attached hydrogens (tertiary/aromatic N) is 2. The van der Waals surface area contributed by atoms with Crippen molar-refractivity contribution < 1.29 is 14.0 Å². The average molecular weight is 291 g/mol. The summed E-state index contributed by atoms with van der Waals surface area (Å²) in [6.45, 7) is 6.17. The molecular weight excluding hydrogens is 270 g/mol. The van der Waals surface area contributed by atoms with E-state index in [-0.39, 0.29) is 11.5 Å². The molecule has 6 nitrogen and oxygen atoms in total. The third-order valence-corrected chi connectivity index (χ3v) is 3.15. The van der Waals surface area contributed by atoms with E-state index in [1.165, 1.54) is 0 Å². The fourth-order valence-electron chi connectivity index (χ4n) is 2.18. The molecule has 0 aliphatic rings. The van der Waals surface area contributed by atoms with Crippen molar-refractivity contribution in [3.8, 4) is 17.2 Å². The average Bonchev–Trinajstić information content (AvgIpc) is 2.86. The third-order valence-electron chi connectivity index (χ3n) is 3.15. The first-order valence-electron chi connectivity index (χ1n) is 6.67. The molecule has 6 heteroatoms. The molecule has 21 heavy (non-hydrogen) atoms. The predicted molar refractivity (Wildman–Crippen MR) is 79.9 cm³/mol. The highest BCUT2D eigenvalue weighted by atomic mass is 16.5. The van der Waals surface area contributed by atoms with Gasteiger partial charge in [-0.25, -0.2) is 0 Å². The first-order valence-corrected chi connectivity index (χ1v) is 6.67. The van der Waals surface area contributed by atoms with Crippen molar-refractivity contribution in [2.45, 2.75) is 26.9 Å². The molecule has 0 radical (unpaired) electrons. The quantitative estimate of drug-likeness (QED) is 0.872. The molecular formula is C15H21N3O3. The van der Waals surface area contributed by atoms with Crippen molar-refractivity contribution in [2.24, 2.45) is 5.41 Å². The largest absolute Gasteiger partial charge is 0.496 e. The van der Waals surface area contributed by atoms with Gasteiger partial charge in [-0.15, -0.1) is 0 Å². The third kappa shape index (κ3) is 3.16. The summed E-state index contributed by atoms with van der Waals surface area (Å²) in [5, 5.41) is 4.03. The molecule has 114 valence electrons. The van der Waals surface area contributed by atoms with Crippen LogP contribution in [0, 0.1) is 5.41 Å². The van der Waals surface area contributed by atoms with E-state index in [0.717, 1.165) is 0 Å². The Kier molecular flexibility index (Phi) is 4.18. The van der Waals surface area contributed by atoms with Crippen LogP contribution in [0.5, 0.6) is 5.75 Å². The summed E-state index contributed by atoms with van der Waals surface area (Å²) in [5.74, 6) is 1.49. The Morgan fingerprint density at radius 2 is 1.95 bits per heavy atom. The summed E-state index contributed by atoms with van der Waals surface area (Å²) in [6.07, 6.45) is -0.255. The van der Waals surface area contributed by atoms with Gasteiger partial charge in [-0.1, -0.05) is 25.9 Å². The minimum Gasteiger partial charge on any atom is -0.496 e. The number of aromatic nitrogens is 2. The van der Waals surface area contributed by atoms with Crippen molar-refractivity contribution in [1.82, 2.24) is 10.1 Å². The number of nitrogens with two attached hydrogens (primary N) is 1. The number of anilines is 1. The Labute approximate surface area is 124 Å². The molecule has 0 bridgehead atoms. The maximum absolute atomic E-state index is 5.75. The second-order valence-electron chi connectivity index (χ2n) is 5.90. The monoisotopic (exact) mass is 291 g/mol. The van der Waals surface area contributed by atoms with E-state index in [0.29, 0.717) is 28.7 Å². The molecule has 0 saturated heterocycles. The Balaban J connectivity index is 2.40. The highest BCUT2D eigenvalue weighted by Crippen LogP contribution is 2.36. The lowest BCUT2D eigenvalue weighted by Crippen LogP contribution is -2.21. The molecule has 1 aromatic heterocycles. The lowest BCUT2D eigenvalue weighted by atomic mass is 9.88. The minimum atomic E-state index is -0.255. The van der Waals surface area contributed by atoms with Crippen molar-refractivity contribution >= 4 is 5.69 Å². The molecule has 2 rings (SSSR count). The molecule has 1 unspecified atom stereocenters. The SMILES string of the molecule is COc1cc(N)ccc1-c1nc(C(OC)C(C)(C)C)no1. The van der Waals surface area contributed by atoms with Crippen LogP contribution in [0.15, 0.2) is 22.7 Å². The molecule has 1 atom stereocenters. The van der Waals surface area contributed by atoms with Gasteiger partial charge in [-0.3, -0.25) is 0 Å². The molecule has 0 spiro atoms. The topological polar surface area (TPSA) is 83.4 Å². The highest BCUT2D eigenvalue weighted by molar-refractivity contribution is 5.66. The summed E-state index contributed by atoms with van der Waals surface area (Å²) in [4.78, 5) is 4.43. The van der Waals surface area contributed by atoms with Crippen LogP contribution < -0.4 is 10.5 Å². The van der Waals surface area contributed by atoms with E-state index >= 15 is 0 Å². The Morgan fingerprint density at radius 1 is 1.24 bits per heavy atom. The van der Waals surface area contributed by atoms with Gasteiger partial charge in [0.05, 0.1) is 12.7 Å². The van der Waals surface area contributed by atoms with Gasteiger partial charge in [-0.05, 0) is 17.5 Å². The van der Waals surface area contributed by atoms with Crippen LogP contribution in [-0.4, -0.2) is 24.4 Å². The zero-order chi connectivity index (χ0) is 15.6. The van der Waals surface area contributed by atoms with E-state index in [1.54, 1.807) is 32.4 Å². The molecule has 1 aromatic carbocycles. The summed E-state index contributed by atoms with van der Waals surface area (Å²) in [7, 11) is 3.21. The predicted octanol–water partition coefficient (Wildman–Crippen LogP) is 3.06. The second-order valence-corrected chi connectivity index (χ2v) is 5.90. The Bertz CT molecular complexity index is 617. The molecule has 2 aromatic rings. The number of benzene rings is 1. The van der Waals surface area contributed by atoms with Crippen LogP contribution >= 0.6 is 0 Å². The summed E-state index contributed by atoms with van der Waals surface area (Å²) >= 11 is 0. The molecule has 0 aliphatic heterocycles. The van der Waals surface area contributed by atoms with Gasteiger partial charge >= 0.3 is 0 Å². The summed E-state index contributed by atoms with van der Waals surface area (Å²) in [5.41, 5.74) is 6.92. The number of ether oxygens (including phenoxy) is 2. The van der Waals surface area contributed by atoms with Gasteiger partial charge < -0.3 is 19.7 Å². The smallest absolute Gasteiger partial charge is 0.261 e. The molecule has 0 saturated carbocycles. The van der Waals surface area contributed by atoms with Gasteiger partial charge in [-0.2, -0.15) is 4.98 Å². The first-order chi connectivity index (χ1) is 9.86. The zero-order valence-electron chi connectivity index (χ0n) is 13.0. The number of nitrogen functional groups attached to an aromatic ring is 1. The zero-order valence-corrected chi connectivity index (χ0v) is 13.0. The highest BCUT2D eigenvalue weighted by Gasteiger charge is 2.31. The maximum Gasteiger partial charge on any atom is 0.261 e. The van der Waals surface area contributed by atoms with Gasteiger partial charge in [0.15, 0.2) is 0 Å². The van der Waals surface area contributed by atoms with Crippen LogP contribution in [0.4, 0.5) is 5.69 Å². The lowest BCUT2D eigenvalue weighted by molar-refractivity contribution is 0.00718. The fourth-order valence-corrected chi connectivity index (χ4v) is 2.18. The van der Waals surface area contributed by atoms with E-state index in [2.05, 4.69) is 30.9 Å². The van der Waals surface area contributed by atoms with Crippen molar-refractivity contribution in [1.29, 1.82) is 0 Å². The standard InChI is InChI=1S/C15H21N3O3/c1-15(2,3)12(20-5)13-17-14(21-18-13)10-7-6-9(16)8-11(10)19-4/h6-8,12H,16H2,1-5H3. The van der Waals surface area contributed by atoms with E-state index in [9.17, 15) is 0 Å². The molecule has 0 aliphatic carbocycles.